The van der Waals surface area contributed by atoms with Crippen LogP contribution in [0.5, 0.6) is 0 Å². The van der Waals surface area contributed by atoms with E-state index >= 15 is 0 Å². The highest BCUT2D eigenvalue weighted by molar-refractivity contribution is 6.01. The van der Waals surface area contributed by atoms with Gasteiger partial charge in [-0.3, -0.25) is 4.98 Å². The van der Waals surface area contributed by atoms with Crippen molar-refractivity contribution < 1.29 is 0 Å². The summed E-state index contributed by atoms with van der Waals surface area (Å²) in [4.78, 5) is 9.21. The highest BCUT2D eigenvalue weighted by Crippen LogP contribution is 2.35. The van der Waals surface area contributed by atoms with Crippen LogP contribution < -0.4 is 10.6 Å². The van der Waals surface area contributed by atoms with Gasteiger partial charge in [0.2, 0.25) is 0 Å². The van der Waals surface area contributed by atoms with Crippen molar-refractivity contribution in [2.75, 3.05) is 37.8 Å². The Morgan fingerprint density at radius 1 is 1.33 bits per heavy atom. The average Bonchev–Trinajstić information content (AvgIpc) is 2.86. The lowest BCUT2D eigenvalue weighted by Crippen LogP contribution is -2.37. The first-order valence-corrected chi connectivity index (χ1v) is 7.62. The number of likely N-dealkylation sites (N-methyl/N-ethyl adjacent to an activating group) is 1. The van der Waals surface area contributed by atoms with E-state index in [0.717, 1.165) is 29.9 Å². The van der Waals surface area contributed by atoms with E-state index < -0.39 is 0 Å². The van der Waals surface area contributed by atoms with Gasteiger partial charge in [0.25, 0.3) is 0 Å². The van der Waals surface area contributed by atoms with E-state index in [1.54, 1.807) is 0 Å². The fourth-order valence-electron chi connectivity index (χ4n) is 3.36. The zero-order valence-corrected chi connectivity index (χ0v) is 13.1. The Balaban J connectivity index is 2.07. The van der Waals surface area contributed by atoms with Crippen LogP contribution in [-0.4, -0.2) is 43.1 Å². The summed E-state index contributed by atoms with van der Waals surface area (Å²) in [5.41, 5.74) is 9.27. The smallest absolute Gasteiger partial charge is 0.0451 e. The Hall–Kier alpha value is -1.81. The monoisotopic (exact) mass is 284 g/mol. The third-order valence-electron chi connectivity index (χ3n) is 4.31. The number of nitrogens with two attached hydrogens (primary N) is 1. The predicted molar refractivity (Wildman–Crippen MR) is 89.8 cm³/mol. The molecule has 1 unspecified atom stereocenters. The number of pyridine rings is 1. The van der Waals surface area contributed by atoms with Gasteiger partial charge in [-0.1, -0.05) is 0 Å². The second-order valence-electron chi connectivity index (χ2n) is 6.30. The van der Waals surface area contributed by atoms with Crippen LogP contribution in [0.3, 0.4) is 0 Å². The standard InChI is InChI=1S/C17H24N4/c1-12-9-14-15(10-19-12)16(18)6-7-17(14)21-8-4-5-13(21)11-20(2)3/h6-7,9-10,13H,4-5,8,11,18H2,1-3H3. The molecule has 2 heterocycles. The summed E-state index contributed by atoms with van der Waals surface area (Å²) in [6.07, 6.45) is 4.42. The minimum Gasteiger partial charge on any atom is -0.398 e. The zero-order valence-electron chi connectivity index (χ0n) is 13.1. The van der Waals surface area contributed by atoms with Gasteiger partial charge >= 0.3 is 0 Å². The summed E-state index contributed by atoms with van der Waals surface area (Å²) in [7, 11) is 4.29. The van der Waals surface area contributed by atoms with E-state index in [1.165, 1.54) is 23.9 Å². The number of hydrogen-bond donors (Lipinski definition) is 1. The Kier molecular flexibility index (Phi) is 3.72. The minimum atomic E-state index is 0.584. The maximum Gasteiger partial charge on any atom is 0.0451 e. The normalized spacial score (nSPS) is 18.9. The molecule has 3 rings (SSSR count). The molecule has 2 N–H and O–H groups in total. The van der Waals surface area contributed by atoms with Gasteiger partial charge in [-0.25, -0.2) is 0 Å². The zero-order chi connectivity index (χ0) is 15.0. The van der Waals surface area contributed by atoms with Crippen LogP contribution in [-0.2, 0) is 0 Å². The number of aryl methyl sites for hydroxylation is 1. The molecule has 0 aliphatic carbocycles. The molecule has 21 heavy (non-hydrogen) atoms. The van der Waals surface area contributed by atoms with Crippen molar-refractivity contribution in [3.8, 4) is 0 Å². The first kappa shape index (κ1) is 14.1. The van der Waals surface area contributed by atoms with Crippen molar-refractivity contribution in [2.45, 2.75) is 25.8 Å². The number of anilines is 2. The Morgan fingerprint density at radius 2 is 2.14 bits per heavy atom. The lowest BCUT2D eigenvalue weighted by atomic mass is 10.1. The quantitative estimate of drug-likeness (QED) is 0.880. The molecule has 0 saturated carbocycles. The molecule has 112 valence electrons. The highest BCUT2D eigenvalue weighted by Gasteiger charge is 2.26. The molecule has 1 aliphatic heterocycles. The highest BCUT2D eigenvalue weighted by atomic mass is 15.2. The molecular formula is C17H24N4. The molecule has 0 amide bonds. The number of nitrogens with zero attached hydrogens (tertiary/aromatic N) is 3. The van der Waals surface area contributed by atoms with Gasteiger partial charge in [0.05, 0.1) is 0 Å². The number of aromatic nitrogens is 1. The SMILES string of the molecule is Cc1cc2c(N3CCCC3CN(C)C)ccc(N)c2cn1. The molecule has 2 aromatic rings. The van der Waals surface area contributed by atoms with Gasteiger partial charge in [-0.05, 0) is 52.1 Å². The number of rotatable bonds is 3. The largest absolute Gasteiger partial charge is 0.398 e. The van der Waals surface area contributed by atoms with Gasteiger partial charge in [-0.15, -0.1) is 0 Å². The van der Waals surface area contributed by atoms with Crippen LogP contribution in [0.1, 0.15) is 18.5 Å². The van der Waals surface area contributed by atoms with Crippen molar-refractivity contribution in [1.29, 1.82) is 0 Å². The van der Waals surface area contributed by atoms with Crippen LogP contribution in [0.2, 0.25) is 0 Å². The van der Waals surface area contributed by atoms with Crippen LogP contribution in [0.15, 0.2) is 24.4 Å². The maximum atomic E-state index is 6.12. The van der Waals surface area contributed by atoms with E-state index in [0.29, 0.717) is 6.04 Å². The van der Waals surface area contributed by atoms with Gasteiger partial charge in [0, 0.05) is 53.2 Å². The summed E-state index contributed by atoms with van der Waals surface area (Å²) in [5.74, 6) is 0. The lowest BCUT2D eigenvalue weighted by Gasteiger charge is -2.30. The number of fused-ring (bicyclic) bond motifs is 1. The molecule has 0 radical (unpaired) electrons. The summed E-state index contributed by atoms with van der Waals surface area (Å²) in [6.45, 7) is 4.25. The molecule has 1 aromatic heterocycles. The van der Waals surface area contributed by atoms with Crippen LogP contribution >= 0.6 is 0 Å². The van der Waals surface area contributed by atoms with Gasteiger partial charge in [-0.2, -0.15) is 0 Å². The number of nitrogen functional groups attached to an aromatic ring is 1. The molecule has 1 aromatic carbocycles. The van der Waals surface area contributed by atoms with E-state index in [9.17, 15) is 0 Å². The van der Waals surface area contributed by atoms with Crippen LogP contribution in [0.4, 0.5) is 11.4 Å². The first-order chi connectivity index (χ1) is 10.1. The molecule has 0 spiro atoms. The van der Waals surface area contributed by atoms with Crippen molar-refractivity contribution in [2.24, 2.45) is 0 Å². The molecule has 0 bridgehead atoms. The second-order valence-corrected chi connectivity index (χ2v) is 6.30. The summed E-state index contributed by atoms with van der Waals surface area (Å²) >= 11 is 0. The Bertz CT molecular complexity index is 651. The van der Waals surface area contributed by atoms with Crippen LogP contribution in [0.25, 0.3) is 10.8 Å². The third kappa shape index (κ3) is 2.68. The molecule has 4 nitrogen and oxygen atoms in total. The molecule has 1 fully saturated rings. The molecule has 1 aliphatic rings. The fourth-order valence-corrected chi connectivity index (χ4v) is 3.36. The molecule has 1 saturated heterocycles. The third-order valence-corrected chi connectivity index (χ3v) is 4.31. The average molecular weight is 284 g/mol. The van der Waals surface area contributed by atoms with Crippen molar-refractivity contribution >= 4 is 22.1 Å². The minimum absolute atomic E-state index is 0.584. The summed E-state index contributed by atoms with van der Waals surface area (Å²) < 4.78 is 0. The molecule has 1 atom stereocenters. The first-order valence-electron chi connectivity index (χ1n) is 7.62. The fraction of sp³-hybridized carbons (Fsp3) is 0.471. The molecule has 4 heteroatoms. The van der Waals surface area contributed by atoms with E-state index in [-0.39, 0.29) is 0 Å². The maximum absolute atomic E-state index is 6.12. The van der Waals surface area contributed by atoms with Crippen molar-refractivity contribution in [3.05, 3.63) is 30.1 Å². The van der Waals surface area contributed by atoms with E-state index in [2.05, 4.69) is 41.0 Å². The van der Waals surface area contributed by atoms with Gasteiger partial charge < -0.3 is 15.5 Å². The summed E-state index contributed by atoms with van der Waals surface area (Å²) in [5, 5.41) is 2.29. The summed E-state index contributed by atoms with van der Waals surface area (Å²) in [6, 6.07) is 6.93. The van der Waals surface area contributed by atoms with Crippen LogP contribution in [0, 0.1) is 6.92 Å². The molecular weight excluding hydrogens is 260 g/mol. The Morgan fingerprint density at radius 3 is 2.90 bits per heavy atom. The van der Waals surface area contributed by atoms with Crippen molar-refractivity contribution in [1.82, 2.24) is 9.88 Å². The van der Waals surface area contributed by atoms with E-state index in [1.807, 2.05) is 19.2 Å². The van der Waals surface area contributed by atoms with Gasteiger partial charge in [0.1, 0.15) is 0 Å². The lowest BCUT2D eigenvalue weighted by molar-refractivity contribution is 0.372. The van der Waals surface area contributed by atoms with E-state index in [4.69, 9.17) is 5.73 Å². The number of hydrogen-bond acceptors (Lipinski definition) is 4. The van der Waals surface area contributed by atoms with Crippen molar-refractivity contribution in [3.63, 3.8) is 0 Å². The van der Waals surface area contributed by atoms with Gasteiger partial charge in [0.15, 0.2) is 0 Å². The predicted octanol–water partition coefficient (Wildman–Crippen LogP) is 2.66. The topological polar surface area (TPSA) is 45.4 Å². The number of benzene rings is 1. The second kappa shape index (κ2) is 5.53. The Labute approximate surface area is 126 Å².